The second-order valence-electron chi connectivity index (χ2n) is 2.69. The highest BCUT2D eigenvalue weighted by molar-refractivity contribution is 9.09. The molecule has 0 bridgehead atoms. The van der Waals surface area contributed by atoms with Crippen molar-refractivity contribution in [1.29, 1.82) is 0 Å². The average molecular weight is 322 g/mol. The van der Waals surface area contributed by atoms with Crippen molar-refractivity contribution in [3.8, 4) is 0 Å². The number of rotatable bonds is 3. The van der Waals surface area contributed by atoms with E-state index in [4.69, 9.17) is 4.74 Å². The molecular weight excluding hydrogens is 312 g/mol. The minimum absolute atomic E-state index is 0.0402. The van der Waals surface area contributed by atoms with Gasteiger partial charge in [0.2, 0.25) is 0 Å². The number of halogens is 2. The highest BCUT2D eigenvalue weighted by atomic mass is 79.9. The van der Waals surface area contributed by atoms with E-state index in [0.717, 1.165) is 5.33 Å². The number of ether oxygens (including phenoxy) is 1. The van der Waals surface area contributed by atoms with Gasteiger partial charge in [0.25, 0.3) is 0 Å². The summed E-state index contributed by atoms with van der Waals surface area (Å²) in [6.45, 7) is 0.558. The zero-order valence-electron chi connectivity index (χ0n) is 6.37. The molecule has 1 rings (SSSR count). The Morgan fingerprint density at radius 2 is 2.08 bits per heavy atom. The van der Waals surface area contributed by atoms with Crippen LogP contribution in [0.4, 0.5) is 0 Å². The smallest absolute Gasteiger partial charge is 0.154 e. The molecule has 0 aromatic rings. The van der Waals surface area contributed by atoms with E-state index in [9.17, 15) is 8.42 Å². The maximum absolute atomic E-state index is 11.1. The summed E-state index contributed by atoms with van der Waals surface area (Å²) < 4.78 is 27.5. The van der Waals surface area contributed by atoms with Gasteiger partial charge in [-0.3, -0.25) is 0 Å². The molecule has 1 fully saturated rings. The van der Waals surface area contributed by atoms with Gasteiger partial charge in [-0.25, -0.2) is 8.42 Å². The van der Waals surface area contributed by atoms with Gasteiger partial charge >= 0.3 is 0 Å². The largest absolute Gasteiger partial charge is 0.375 e. The third-order valence-electron chi connectivity index (χ3n) is 1.64. The Bertz CT molecular complexity index is 239. The van der Waals surface area contributed by atoms with Gasteiger partial charge in [-0.1, -0.05) is 31.9 Å². The average Bonchev–Trinajstić information content (AvgIpc) is 2.20. The van der Waals surface area contributed by atoms with E-state index in [0.29, 0.717) is 6.61 Å². The van der Waals surface area contributed by atoms with E-state index in [1.165, 1.54) is 0 Å². The zero-order chi connectivity index (χ0) is 9.19. The highest BCUT2D eigenvalue weighted by Crippen LogP contribution is 2.22. The molecule has 0 aliphatic carbocycles. The van der Waals surface area contributed by atoms with Crippen LogP contribution in [0.2, 0.25) is 0 Å². The second-order valence-corrected chi connectivity index (χ2v) is 6.81. The van der Waals surface area contributed by atoms with E-state index in [1.54, 1.807) is 0 Å². The van der Waals surface area contributed by atoms with Crippen molar-refractivity contribution in [3.05, 3.63) is 0 Å². The molecule has 0 amide bonds. The molecule has 1 saturated heterocycles. The molecule has 2 atom stereocenters. The molecule has 72 valence electrons. The number of hydrogen-bond acceptors (Lipinski definition) is 3. The first-order valence-corrected chi connectivity index (χ1v) is 7.43. The molecule has 0 saturated carbocycles. The Morgan fingerprint density at radius 1 is 1.42 bits per heavy atom. The van der Waals surface area contributed by atoms with Crippen molar-refractivity contribution in [2.24, 2.45) is 0 Å². The lowest BCUT2D eigenvalue weighted by atomic mass is 10.3. The summed E-state index contributed by atoms with van der Waals surface area (Å²) in [5.41, 5.74) is 0. The van der Waals surface area contributed by atoms with Gasteiger partial charge in [-0.2, -0.15) is 0 Å². The first-order chi connectivity index (χ1) is 5.55. The standard InChI is InChI=1S/C6H10Br2O3S/c7-1-2-11-6-4-12(9,10)3-5(6)8/h5-6H,1-4H2/t5-,6+/m1/s1. The van der Waals surface area contributed by atoms with E-state index < -0.39 is 9.84 Å². The van der Waals surface area contributed by atoms with Gasteiger partial charge in [-0.05, 0) is 0 Å². The Balaban J connectivity index is 2.47. The third-order valence-corrected chi connectivity index (χ3v) is 5.01. The van der Waals surface area contributed by atoms with Crippen LogP contribution in [0.3, 0.4) is 0 Å². The number of alkyl halides is 2. The van der Waals surface area contributed by atoms with Crippen LogP contribution in [0.25, 0.3) is 0 Å². The SMILES string of the molecule is O=S1(=O)C[C@@H](Br)[C@@H](OCCBr)C1. The summed E-state index contributed by atoms with van der Waals surface area (Å²) in [6.07, 6.45) is -0.174. The van der Waals surface area contributed by atoms with Crippen molar-refractivity contribution in [2.45, 2.75) is 10.9 Å². The maximum atomic E-state index is 11.1. The normalized spacial score (nSPS) is 33.8. The van der Waals surface area contributed by atoms with E-state index in [1.807, 2.05) is 0 Å². The molecule has 1 aliphatic heterocycles. The van der Waals surface area contributed by atoms with Crippen LogP contribution < -0.4 is 0 Å². The molecule has 0 N–H and O–H groups in total. The molecule has 0 unspecified atom stereocenters. The monoisotopic (exact) mass is 320 g/mol. The van der Waals surface area contributed by atoms with Gasteiger partial charge in [0.05, 0.1) is 29.0 Å². The van der Waals surface area contributed by atoms with Gasteiger partial charge in [-0.15, -0.1) is 0 Å². The van der Waals surface area contributed by atoms with E-state index in [2.05, 4.69) is 31.9 Å². The van der Waals surface area contributed by atoms with Crippen molar-refractivity contribution in [2.75, 3.05) is 23.4 Å². The highest BCUT2D eigenvalue weighted by Gasteiger charge is 2.36. The second kappa shape index (κ2) is 4.39. The minimum Gasteiger partial charge on any atom is -0.375 e. The van der Waals surface area contributed by atoms with Gasteiger partial charge in [0.1, 0.15) is 0 Å². The van der Waals surface area contributed by atoms with Crippen LogP contribution in [0.5, 0.6) is 0 Å². The molecular formula is C6H10Br2O3S. The lowest BCUT2D eigenvalue weighted by molar-refractivity contribution is 0.0889. The van der Waals surface area contributed by atoms with Crippen molar-refractivity contribution >= 4 is 41.7 Å². The summed E-state index contributed by atoms with van der Waals surface area (Å²) in [6, 6.07) is 0. The van der Waals surface area contributed by atoms with Crippen LogP contribution in [0.1, 0.15) is 0 Å². The van der Waals surface area contributed by atoms with Crippen molar-refractivity contribution in [3.63, 3.8) is 0 Å². The molecule has 0 aromatic heterocycles. The zero-order valence-corrected chi connectivity index (χ0v) is 10.4. The van der Waals surface area contributed by atoms with Crippen LogP contribution in [-0.4, -0.2) is 42.8 Å². The Labute approximate surface area is 89.0 Å². The lowest BCUT2D eigenvalue weighted by Crippen LogP contribution is -2.23. The number of sulfone groups is 1. The Kier molecular flexibility index (Phi) is 4.01. The summed E-state index contributed by atoms with van der Waals surface area (Å²) >= 11 is 6.51. The molecule has 0 aromatic carbocycles. The van der Waals surface area contributed by atoms with Gasteiger partial charge in [0, 0.05) is 5.33 Å². The third kappa shape index (κ3) is 2.97. The lowest BCUT2D eigenvalue weighted by Gasteiger charge is -2.11. The molecule has 6 heteroatoms. The molecule has 3 nitrogen and oxygen atoms in total. The Morgan fingerprint density at radius 3 is 2.50 bits per heavy atom. The number of hydrogen-bond donors (Lipinski definition) is 0. The van der Waals surface area contributed by atoms with Crippen LogP contribution in [-0.2, 0) is 14.6 Å². The molecule has 12 heavy (non-hydrogen) atoms. The van der Waals surface area contributed by atoms with E-state index >= 15 is 0 Å². The van der Waals surface area contributed by atoms with Crippen LogP contribution in [0, 0.1) is 0 Å². The summed E-state index contributed by atoms with van der Waals surface area (Å²) in [5, 5.41) is 0.739. The quantitative estimate of drug-likeness (QED) is 0.727. The molecule has 1 heterocycles. The first-order valence-electron chi connectivity index (χ1n) is 3.57. The topological polar surface area (TPSA) is 43.4 Å². The molecule has 0 spiro atoms. The van der Waals surface area contributed by atoms with Gasteiger partial charge in [0.15, 0.2) is 9.84 Å². The molecule has 0 radical (unpaired) electrons. The van der Waals surface area contributed by atoms with Crippen molar-refractivity contribution in [1.82, 2.24) is 0 Å². The van der Waals surface area contributed by atoms with Gasteiger partial charge < -0.3 is 4.74 Å². The predicted octanol–water partition coefficient (Wildman–Crippen LogP) is 0.958. The fourth-order valence-electron chi connectivity index (χ4n) is 1.12. The maximum Gasteiger partial charge on any atom is 0.154 e. The summed E-state index contributed by atoms with van der Waals surface area (Å²) in [5.74, 6) is 0.343. The van der Waals surface area contributed by atoms with E-state index in [-0.39, 0.29) is 22.4 Å². The summed E-state index contributed by atoms with van der Waals surface area (Å²) in [4.78, 5) is -0.0402. The first kappa shape index (κ1) is 10.9. The fourth-order valence-corrected chi connectivity index (χ4v) is 4.77. The van der Waals surface area contributed by atoms with Crippen LogP contribution >= 0.6 is 31.9 Å². The minimum atomic E-state index is -2.86. The summed E-state index contributed by atoms with van der Waals surface area (Å²) in [7, 11) is -2.86. The predicted molar refractivity (Wildman–Crippen MR) is 54.9 cm³/mol. The van der Waals surface area contributed by atoms with Crippen LogP contribution in [0.15, 0.2) is 0 Å². The molecule has 1 aliphatic rings. The fraction of sp³-hybridized carbons (Fsp3) is 1.00. The van der Waals surface area contributed by atoms with Crippen molar-refractivity contribution < 1.29 is 13.2 Å². The Hall–Kier alpha value is 0.870.